The molecule has 0 saturated carbocycles. The Balaban J connectivity index is 2.19. The first kappa shape index (κ1) is 11.2. The summed E-state index contributed by atoms with van der Waals surface area (Å²) >= 11 is 1.46. The monoisotopic (exact) mass is 260 g/mol. The molecule has 0 amide bonds. The number of carbonyl (C=O) groups is 1. The third kappa shape index (κ3) is 1.66. The highest BCUT2D eigenvalue weighted by Gasteiger charge is 2.19. The predicted molar refractivity (Wildman–Crippen MR) is 68.7 cm³/mol. The molecule has 0 spiro atoms. The number of furan rings is 1. The molecule has 3 aromatic rings. The van der Waals surface area contributed by atoms with Gasteiger partial charge in [-0.3, -0.25) is 4.79 Å². The van der Waals surface area contributed by atoms with Crippen LogP contribution in [0.25, 0.3) is 11.0 Å². The van der Waals surface area contributed by atoms with E-state index < -0.39 is 0 Å². The van der Waals surface area contributed by atoms with E-state index >= 15 is 0 Å². The zero-order chi connectivity index (χ0) is 12.7. The maximum atomic E-state index is 13.2. The molecule has 18 heavy (non-hydrogen) atoms. The quantitative estimate of drug-likeness (QED) is 0.647. The number of rotatable bonds is 2. The van der Waals surface area contributed by atoms with Crippen LogP contribution in [-0.4, -0.2) is 5.78 Å². The van der Waals surface area contributed by atoms with E-state index in [1.807, 2.05) is 5.38 Å². The number of ketones is 1. The number of thiophene rings is 1. The number of aryl methyl sites for hydroxylation is 1. The molecule has 0 fully saturated rings. The van der Waals surface area contributed by atoms with Crippen LogP contribution in [0.15, 0.2) is 39.4 Å². The van der Waals surface area contributed by atoms with Crippen LogP contribution in [-0.2, 0) is 0 Å². The fraction of sp³-hybridized carbons (Fsp3) is 0.0714. The van der Waals surface area contributed by atoms with Crippen molar-refractivity contribution in [3.63, 3.8) is 0 Å². The first-order valence-corrected chi connectivity index (χ1v) is 6.36. The van der Waals surface area contributed by atoms with Gasteiger partial charge in [-0.1, -0.05) is 0 Å². The van der Waals surface area contributed by atoms with Gasteiger partial charge in [0.2, 0.25) is 5.78 Å². The number of carbonyl (C=O) groups excluding carboxylic acids is 1. The van der Waals surface area contributed by atoms with E-state index in [2.05, 4.69) is 0 Å². The minimum absolute atomic E-state index is 0.162. The Hall–Kier alpha value is -1.94. The van der Waals surface area contributed by atoms with Gasteiger partial charge in [-0.2, -0.15) is 11.3 Å². The molecule has 2 aromatic heterocycles. The topological polar surface area (TPSA) is 30.2 Å². The summed E-state index contributed by atoms with van der Waals surface area (Å²) in [6.45, 7) is 1.77. The van der Waals surface area contributed by atoms with E-state index in [9.17, 15) is 9.18 Å². The van der Waals surface area contributed by atoms with E-state index in [-0.39, 0.29) is 17.4 Å². The van der Waals surface area contributed by atoms with Gasteiger partial charge in [-0.05, 0) is 36.6 Å². The Bertz CT molecular complexity index is 726. The summed E-state index contributed by atoms with van der Waals surface area (Å²) in [5, 5.41) is 4.26. The van der Waals surface area contributed by atoms with Crippen molar-refractivity contribution in [2.75, 3.05) is 0 Å². The normalized spacial score (nSPS) is 11.0. The summed E-state index contributed by atoms with van der Waals surface area (Å²) in [4.78, 5) is 12.2. The highest BCUT2D eigenvalue weighted by atomic mass is 32.1. The van der Waals surface area contributed by atoms with E-state index in [1.54, 1.807) is 24.4 Å². The smallest absolute Gasteiger partial charge is 0.229 e. The zero-order valence-corrected chi connectivity index (χ0v) is 10.4. The molecule has 0 aliphatic rings. The Kier molecular flexibility index (Phi) is 2.52. The Morgan fingerprint density at radius 2 is 2.17 bits per heavy atom. The Morgan fingerprint density at radius 1 is 1.33 bits per heavy atom. The molecule has 3 rings (SSSR count). The second-order valence-corrected chi connectivity index (χ2v) is 4.82. The fourth-order valence-corrected chi connectivity index (χ4v) is 2.57. The van der Waals surface area contributed by atoms with Crippen LogP contribution in [0.2, 0.25) is 0 Å². The molecule has 0 N–H and O–H groups in total. The van der Waals surface area contributed by atoms with Gasteiger partial charge >= 0.3 is 0 Å². The van der Waals surface area contributed by atoms with Gasteiger partial charge in [0.1, 0.15) is 11.4 Å². The van der Waals surface area contributed by atoms with Crippen molar-refractivity contribution in [2.24, 2.45) is 0 Å². The van der Waals surface area contributed by atoms with E-state index in [4.69, 9.17) is 4.42 Å². The number of benzene rings is 1. The van der Waals surface area contributed by atoms with Gasteiger partial charge in [-0.15, -0.1) is 0 Å². The SMILES string of the molecule is Cc1c(C(=O)c2ccsc2)oc2ccc(F)cc12. The van der Waals surface area contributed by atoms with E-state index in [0.29, 0.717) is 22.1 Å². The third-order valence-electron chi connectivity index (χ3n) is 2.89. The van der Waals surface area contributed by atoms with Crippen LogP contribution in [0.5, 0.6) is 0 Å². The maximum Gasteiger partial charge on any atom is 0.229 e. The largest absolute Gasteiger partial charge is 0.452 e. The standard InChI is InChI=1S/C14H9FO2S/c1-8-11-6-10(15)2-3-12(11)17-14(8)13(16)9-4-5-18-7-9/h2-7H,1H3. The molecule has 0 aliphatic heterocycles. The number of halogens is 1. The van der Waals surface area contributed by atoms with Crippen LogP contribution < -0.4 is 0 Å². The van der Waals surface area contributed by atoms with Crippen molar-refractivity contribution >= 4 is 28.1 Å². The van der Waals surface area contributed by atoms with Gasteiger partial charge < -0.3 is 4.42 Å². The van der Waals surface area contributed by atoms with E-state index in [0.717, 1.165) is 0 Å². The van der Waals surface area contributed by atoms with Crippen LogP contribution in [0, 0.1) is 12.7 Å². The molecule has 0 aliphatic carbocycles. The number of fused-ring (bicyclic) bond motifs is 1. The summed E-state index contributed by atoms with van der Waals surface area (Å²) in [6.07, 6.45) is 0. The molecule has 0 atom stereocenters. The van der Waals surface area contributed by atoms with Crippen molar-refractivity contribution in [3.8, 4) is 0 Å². The fourth-order valence-electron chi connectivity index (χ4n) is 1.93. The molecule has 0 saturated heterocycles. The summed E-state index contributed by atoms with van der Waals surface area (Å²) in [5.74, 6) is -0.208. The summed E-state index contributed by atoms with van der Waals surface area (Å²) in [5.41, 5.74) is 1.82. The van der Waals surface area contributed by atoms with Gasteiger partial charge in [-0.25, -0.2) is 4.39 Å². The average molecular weight is 260 g/mol. The van der Waals surface area contributed by atoms with Crippen molar-refractivity contribution in [1.82, 2.24) is 0 Å². The van der Waals surface area contributed by atoms with Crippen LogP contribution in [0.3, 0.4) is 0 Å². The van der Waals surface area contributed by atoms with Crippen molar-refractivity contribution in [3.05, 3.63) is 57.7 Å². The van der Waals surface area contributed by atoms with Gasteiger partial charge in [0.25, 0.3) is 0 Å². The van der Waals surface area contributed by atoms with Crippen LogP contribution in [0.4, 0.5) is 4.39 Å². The Morgan fingerprint density at radius 3 is 2.89 bits per heavy atom. The van der Waals surface area contributed by atoms with Crippen molar-refractivity contribution in [2.45, 2.75) is 6.92 Å². The molecule has 4 heteroatoms. The van der Waals surface area contributed by atoms with Gasteiger partial charge in [0.05, 0.1) is 0 Å². The van der Waals surface area contributed by atoms with Crippen molar-refractivity contribution in [1.29, 1.82) is 0 Å². The highest BCUT2D eigenvalue weighted by Crippen LogP contribution is 2.28. The lowest BCUT2D eigenvalue weighted by molar-refractivity contribution is 0.101. The van der Waals surface area contributed by atoms with Crippen molar-refractivity contribution < 1.29 is 13.6 Å². The average Bonchev–Trinajstić information content (AvgIpc) is 2.98. The number of hydrogen-bond acceptors (Lipinski definition) is 3. The minimum Gasteiger partial charge on any atom is -0.452 e. The molecule has 0 unspecified atom stereocenters. The summed E-state index contributed by atoms with van der Waals surface area (Å²) < 4.78 is 18.7. The summed E-state index contributed by atoms with van der Waals surface area (Å²) in [6, 6.07) is 6.00. The molecule has 0 bridgehead atoms. The first-order chi connectivity index (χ1) is 8.66. The Labute approximate surface area is 107 Å². The minimum atomic E-state index is -0.332. The molecule has 0 radical (unpaired) electrons. The maximum absolute atomic E-state index is 13.2. The first-order valence-electron chi connectivity index (χ1n) is 5.42. The number of hydrogen-bond donors (Lipinski definition) is 0. The van der Waals surface area contributed by atoms with Gasteiger partial charge in [0, 0.05) is 21.9 Å². The van der Waals surface area contributed by atoms with Crippen LogP contribution in [0.1, 0.15) is 21.7 Å². The van der Waals surface area contributed by atoms with Crippen LogP contribution >= 0.6 is 11.3 Å². The van der Waals surface area contributed by atoms with Gasteiger partial charge in [0.15, 0.2) is 5.76 Å². The highest BCUT2D eigenvalue weighted by molar-refractivity contribution is 7.08. The molecular weight excluding hydrogens is 251 g/mol. The summed E-state index contributed by atoms with van der Waals surface area (Å²) in [7, 11) is 0. The molecule has 2 heterocycles. The molecule has 90 valence electrons. The lowest BCUT2D eigenvalue weighted by Gasteiger charge is -1.94. The third-order valence-corrected chi connectivity index (χ3v) is 3.57. The molecule has 1 aromatic carbocycles. The lowest BCUT2D eigenvalue weighted by atomic mass is 10.1. The predicted octanol–water partition coefficient (Wildman–Crippen LogP) is 4.17. The molecule has 2 nitrogen and oxygen atoms in total. The second-order valence-electron chi connectivity index (χ2n) is 4.04. The second kappa shape index (κ2) is 4.07. The van der Waals surface area contributed by atoms with E-state index in [1.165, 1.54) is 23.5 Å². The lowest BCUT2D eigenvalue weighted by Crippen LogP contribution is -1.99. The zero-order valence-electron chi connectivity index (χ0n) is 9.57. The molecular formula is C14H9FO2S.